The van der Waals surface area contributed by atoms with Crippen molar-refractivity contribution in [3.05, 3.63) is 84.1 Å². The largest absolute Gasteiger partial charge is 0.486 e. The fraction of sp³-hybridized carbons (Fsp3) is 0.214. The summed E-state index contributed by atoms with van der Waals surface area (Å²) >= 11 is 0. The first-order valence-corrected chi connectivity index (χ1v) is 11.7. The minimum atomic E-state index is -0.703. The number of halogens is 1. The van der Waals surface area contributed by atoms with Crippen LogP contribution in [0.2, 0.25) is 0 Å². The molecule has 36 heavy (non-hydrogen) atoms. The zero-order valence-corrected chi connectivity index (χ0v) is 19.7. The summed E-state index contributed by atoms with van der Waals surface area (Å²) in [6.07, 6.45) is 5.79. The van der Waals surface area contributed by atoms with Crippen LogP contribution in [0.4, 0.5) is 10.2 Å². The molecule has 182 valence electrons. The highest BCUT2D eigenvalue weighted by molar-refractivity contribution is 6.12. The normalized spacial score (nSPS) is 13.2. The second-order valence-corrected chi connectivity index (χ2v) is 8.64. The summed E-state index contributed by atoms with van der Waals surface area (Å²) in [7, 11) is 1.26. The molecule has 1 aliphatic rings. The molecule has 1 fully saturated rings. The zero-order valence-electron chi connectivity index (χ0n) is 19.7. The molecular formula is C28H24FN3O4. The van der Waals surface area contributed by atoms with Crippen LogP contribution in [-0.2, 0) is 16.1 Å². The van der Waals surface area contributed by atoms with Crippen molar-refractivity contribution >= 4 is 28.5 Å². The summed E-state index contributed by atoms with van der Waals surface area (Å²) in [4.78, 5) is 34.6. The Hall–Kier alpha value is -4.33. The number of nitrogens with zero attached hydrogens (tertiary/aromatic N) is 2. The van der Waals surface area contributed by atoms with Crippen LogP contribution in [-0.4, -0.2) is 29.0 Å². The second kappa shape index (κ2) is 10.1. The lowest BCUT2D eigenvalue weighted by Crippen LogP contribution is -2.28. The molecule has 7 nitrogen and oxygen atoms in total. The van der Waals surface area contributed by atoms with E-state index in [0.717, 1.165) is 24.8 Å². The minimum absolute atomic E-state index is 0.0668. The van der Waals surface area contributed by atoms with Crippen LogP contribution in [0.1, 0.15) is 35.3 Å². The fourth-order valence-corrected chi connectivity index (χ4v) is 4.17. The first-order valence-electron chi connectivity index (χ1n) is 11.7. The van der Waals surface area contributed by atoms with Crippen molar-refractivity contribution in [2.24, 2.45) is 5.92 Å². The summed E-state index contributed by atoms with van der Waals surface area (Å²) in [5, 5.41) is 3.93. The highest BCUT2D eigenvalue weighted by Crippen LogP contribution is 2.40. The number of benzene rings is 2. The number of methoxy groups -OCH3 is 1. The number of ether oxygens (including phenoxy) is 2. The van der Waals surface area contributed by atoms with Crippen molar-refractivity contribution in [1.82, 2.24) is 9.97 Å². The third-order valence-electron chi connectivity index (χ3n) is 6.34. The number of nitrogens with one attached hydrogen (secondary N) is 1. The maximum Gasteiger partial charge on any atom is 0.360 e. The monoisotopic (exact) mass is 485 g/mol. The Morgan fingerprint density at radius 3 is 2.47 bits per heavy atom. The van der Waals surface area contributed by atoms with Gasteiger partial charge < -0.3 is 14.8 Å². The number of carbonyl (C=O) groups is 2. The van der Waals surface area contributed by atoms with E-state index in [2.05, 4.69) is 15.3 Å². The van der Waals surface area contributed by atoms with Gasteiger partial charge in [0.15, 0.2) is 11.4 Å². The third kappa shape index (κ3) is 4.62. The van der Waals surface area contributed by atoms with Crippen LogP contribution in [0.3, 0.4) is 0 Å². The maximum absolute atomic E-state index is 13.7. The molecule has 1 amide bonds. The van der Waals surface area contributed by atoms with Gasteiger partial charge in [0, 0.05) is 34.6 Å². The molecule has 2 heterocycles. The average molecular weight is 486 g/mol. The van der Waals surface area contributed by atoms with E-state index in [4.69, 9.17) is 9.47 Å². The van der Waals surface area contributed by atoms with Crippen molar-refractivity contribution in [2.75, 3.05) is 12.4 Å². The van der Waals surface area contributed by atoms with Crippen LogP contribution in [0.25, 0.3) is 21.9 Å². The van der Waals surface area contributed by atoms with Gasteiger partial charge in [-0.1, -0.05) is 48.9 Å². The Morgan fingerprint density at radius 2 is 1.81 bits per heavy atom. The number of fused-ring (bicyclic) bond motifs is 1. The van der Waals surface area contributed by atoms with Crippen molar-refractivity contribution < 1.29 is 23.5 Å². The van der Waals surface area contributed by atoms with Crippen molar-refractivity contribution in [3.63, 3.8) is 0 Å². The smallest absolute Gasteiger partial charge is 0.360 e. The van der Waals surface area contributed by atoms with Crippen LogP contribution >= 0.6 is 0 Å². The Bertz CT molecular complexity index is 1420. The summed E-state index contributed by atoms with van der Waals surface area (Å²) in [6, 6.07) is 15.5. The molecule has 0 radical (unpaired) electrons. The number of hydrogen-bond acceptors (Lipinski definition) is 6. The standard InChI is InChI=1S/C28H24FN3O4/c1-35-28(34)24-25(36-16-17-6-3-2-4-7-17)22-15-30-14-21(18-10-12-20(29)13-11-18)23(22)26(31-24)32-27(33)19-8-5-9-19/h2-4,6-7,10-15,19H,5,8-9,16H2,1H3,(H,31,32,33). The van der Waals surface area contributed by atoms with Gasteiger partial charge in [0.1, 0.15) is 18.2 Å². The average Bonchev–Trinajstić information content (AvgIpc) is 2.87. The van der Waals surface area contributed by atoms with Crippen LogP contribution in [0, 0.1) is 11.7 Å². The molecule has 0 atom stereocenters. The maximum atomic E-state index is 13.7. The SMILES string of the molecule is COC(=O)c1nc(NC(=O)C2CCC2)c2c(-c3ccc(F)cc3)cncc2c1OCc1ccccc1. The van der Waals surface area contributed by atoms with Gasteiger partial charge in [-0.3, -0.25) is 9.78 Å². The molecule has 0 bridgehead atoms. The highest BCUT2D eigenvalue weighted by atomic mass is 19.1. The molecule has 5 rings (SSSR count). The highest BCUT2D eigenvalue weighted by Gasteiger charge is 2.29. The predicted molar refractivity (Wildman–Crippen MR) is 133 cm³/mol. The lowest BCUT2D eigenvalue weighted by molar-refractivity contribution is -0.122. The summed E-state index contributed by atoms with van der Waals surface area (Å²) in [5.41, 5.74) is 2.12. The number of carbonyl (C=O) groups excluding carboxylic acids is 2. The van der Waals surface area contributed by atoms with E-state index in [1.54, 1.807) is 24.5 Å². The summed E-state index contributed by atoms with van der Waals surface area (Å²) in [6.45, 7) is 0.177. The van der Waals surface area contributed by atoms with Gasteiger partial charge in [-0.05, 0) is 36.1 Å². The van der Waals surface area contributed by atoms with E-state index in [-0.39, 0.29) is 41.5 Å². The quantitative estimate of drug-likeness (QED) is 0.346. The van der Waals surface area contributed by atoms with E-state index >= 15 is 0 Å². The lowest BCUT2D eigenvalue weighted by Gasteiger charge is -2.25. The molecule has 1 aliphatic carbocycles. The van der Waals surface area contributed by atoms with E-state index in [9.17, 15) is 14.0 Å². The minimum Gasteiger partial charge on any atom is -0.486 e. The van der Waals surface area contributed by atoms with Crippen molar-refractivity contribution in [3.8, 4) is 16.9 Å². The van der Waals surface area contributed by atoms with Gasteiger partial charge >= 0.3 is 5.97 Å². The number of esters is 1. The first-order chi connectivity index (χ1) is 17.5. The molecule has 1 saturated carbocycles. The number of hydrogen-bond donors (Lipinski definition) is 1. The molecule has 2 aromatic carbocycles. The Morgan fingerprint density at radius 1 is 1.06 bits per heavy atom. The van der Waals surface area contributed by atoms with E-state index < -0.39 is 5.97 Å². The summed E-state index contributed by atoms with van der Waals surface area (Å²) in [5.74, 6) is -0.941. The molecule has 8 heteroatoms. The molecule has 4 aromatic rings. The van der Waals surface area contributed by atoms with E-state index in [0.29, 0.717) is 21.9 Å². The molecule has 0 spiro atoms. The van der Waals surface area contributed by atoms with Gasteiger partial charge in [-0.25, -0.2) is 14.2 Å². The first kappa shape index (κ1) is 23.4. The van der Waals surface area contributed by atoms with E-state index in [1.807, 2.05) is 30.3 Å². The predicted octanol–water partition coefficient (Wildman–Crippen LogP) is 5.54. The molecule has 0 unspecified atom stereocenters. The summed E-state index contributed by atoms with van der Waals surface area (Å²) < 4.78 is 24.8. The van der Waals surface area contributed by atoms with Gasteiger partial charge in [0.05, 0.1) is 7.11 Å². The molecule has 1 N–H and O–H groups in total. The number of amides is 1. The molecular weight excluding hydrogens is 461 g/mol. The van der Waals surface area contributed by atoms with Crippen LogP contribution in [0.5, 0.6) is 5.75 Å². The van der Waals surface area contributed by atoms with Gasteiger partial charge in [-0.2, -0.15) is 0 Å². The molecule has 0 saturated heterocycles. The van der Waals surface area contributed by atoms with Gasteiger partial charge in [0.2, 0.25) is 5.91 Å². The Balaban J connectivity index is 1.70. The zero-order chi connectivity index (χ0) is 25.1. The number of rotatable bonds is 7. The fourth-order valence-electron chi connectivity index (χ4n) is 4.17. The Labute approximate surface area is 207 Å². The van der Waals surface area contributed by atoms with Gasteiger partial charge in [-0.15, -0.1) is 0 Å². The van der Waals surface area contributed by atoms with Gasteiger partial charge in [0.25, 0.3) is 0 Å². The van der Waals surface area contributed by atoms with E-state index in [1.165, 1.54) is 19.2 Å². The lowest BCUT2D eigenvalue weighted by atomic mass is 9.85. The van der Waals surface area contributed by atoms with Crippen molar-refractivity contribution in [1.29, 1.82) is 0 Å². The number of anilines is 1. The molecule has 0 aliphatic heterocycles. The Kier molecular flexibility index (Phi) is 6.58. The second-order valence-electron chi connectivity index (χ2n) is 8.64. The number of pyridine rings is 2. The third-order valence-corrected chi connectivity index (χ3v) is 6.34. The number of aromatic nitrogens is 2. The van der Waals surface area contributed by atoms with Crippen LogP contribution < -0.4 is 10.1 Å². The molecule has 2 aromatic heterocycles. The van der Waals surface area contributed by atoms with Crippen LogP contribution in [0.15, 0.2) is 67.0 Å². The topological polar surface area (TPSA) is 90.4 Å². The van der Waals surface area contributed by atoms with Crippen molar-refractivity contribution in [2.45, 2.75) is 25.9 Å².